The first-order valence-electron chi connectivity index (χ1n) is 3.89. The fraction of sp³-hybridized carbons (Fsp3) is 0.100. The van der Waals surface area contributed by atoms with Gasteiger partial charge in [-0.1, -0.05) is 12.1 Å². The molecule has 0 amide bonds. The normalized spacial score (nSPS) is 9.06. The second-order valence-corrected chi connectivity index (χ2v) is 2.58. The van der Waals surface area contributed by atoms with E-state index in [0.717, 1.165) is 6.08 Å². The van der Waals surface area contributed by atoms with E-state index in [1.807, 2.05) is 0 Å². The van der Waals surface area contributed by atoms with E-state index in [0.29, 0.717) is 11.3 Å². The number of benzene rings is 1. The fourth-order valence-electron chi connectivity index (χ4n) is 0.962. The third-order valence-corrected chi connectivity index (χ3v) is 1.62. The van der Waals surface area contributed by atoms with Gasteiger partial charge in [0, 0.05) is 16.8 Å². The van der Waals surface area contributed by atoms with E-state index in [-0.39, 0.29) is 52.1 Å². The number of carboxylic acid groups (broad SMARTS) is 1. The Morgan fingerprint density at radius 2 is 2.12 bits per heavy atom. The number of carboxylic acids is 1. The van der Waals surface area contributed by atoms with Crippen LogP contribution in [0.15, 0.2) is 24.3 Å². The zero-order chi connectivity index (χ0) is 10.6. The summed E-state index contributed by atoms with van der Waals surface area (Å²) in [6.45, 7) is 0. The molecule has 0 aliphatic rings. The largest absolute Gasteiger partial charge is 1.00 e. The van der Waals surface area contributed by atoms with Crippen molar-refractivity contribution in [1.82, 2.24) is 0 Å². The minimum Gasteiger partial charge on any atom is -0.545 e. The van der Waals surface area contributed by atoms with E-state index in [1.54, 1.807) is 6.07 Å². The molecule has 1 rings (SSSR count). The van der Waals surface area contributed by atoms with E-state index in [2.05, 4.69) is 0 Å². The average molecular weight is 275 g/mol. The van der Waals surface area contributed by atoms with Crippen molar-refractivity contribution in [3.8, 4) is 11.5 Å². The summed E-state index contributed by atoms with van der Waals surface area (Å²) >= 11 is 0. The molecule has 4 nitrogen and oxygen atoms in total. The molecule has 1 N–H and O–H groups in total. The molecule has 83 valence electrons. The molecule has 0 aliphatic heterocycles. The smallest absolute Gasteiger partial charge is 0.545 e. The van der Waals surface area contributed by atoms with Crippen molar-refractivity contribution < 1.29 is 66.1 Å². The van der Waals surface area contributed by atoms with Crippen LogP contribution in [0.4, 0.5) is 0 Å². The first-order valence-corrected chi connectivity index (χ1v) is 3.89. The number of carbonyl (C=O) groups is 1. The summed E-state index contributed by atoms with van der Waals surface area (Å²) in [5.74, 6) is -0.958. The number of phenols is 1. The zero-order valence-corrected chi connectivity index (χ0v) is 11.9. The number of hydrogen-bond donors (Lipinski definition) is 1. The van der Waals surface area contributed by atoms with Gasteiger partial charge in [-0.3, -0.25) is 0 Å². The number of aromatic hydroxyl groups is 1. The second-order valence-electron chi connectivity index (χ2n) is 2.58. The van der Waals surface area contributed by atoms with Gasteiger partial charge in [-0.25, -0.2) is 0 Å². The van der Waals surface area contributed by atoms with E-state index < -0.39 is 5.97 Å². The molecule has 1 aromatic rings. The quantitative estimate of drug-likeness (QED) is 0.477. The van der Waals surface area contributed by atoms with Gasteiger partial charge in [-0.05, 0) is 23.8 Å². The Morgan fingerprint density at radius 1 is 1.50 bits per heavy atom. The average Bonchev–Trinajstić information content (AvgIpc) is 2.16. The summed E-state index contributed by atoms with van der Waals surface area (Å²) in [5.41, 5.74) is 0.615. The summed E-state index contributed by atoms with van der Waals surface area (Å²) in [5, 5.41) is 19.4. The second kappa shape index (κ2) is 8.66. The van der Waals surface area contributed by atoms with Crippen molar-refractivity contribution in [3.63, 3.8) is 0 Å². The van der Waals surface area contributed by atoms with Gasteiger partial charge in [0.15, 0.2) is 11.5 Å². The van der Waals surface area contributed by atoms with E-state index in [4.69, 9.17) is 4.74 Å². The fourth-order valence-corrected chi connectivity index (χ4v) is 0.962. The van der Waals surface area contributed by atoms with Crippen molar-refractivity contribution in [1.29, 1.82) is 0 Å². The molecule has 0 fully saturated rings. The van der Waals surface area contributed by atoms with Crippen LogP contribution in [0.2, 0.25) is 0 Å². The third-order valence-electron chi connectivity index (χ3n) is 1.62. The molecule has 6 heteroatoms. The van der Waals surface area contributed by atoms with Crippen LogP contribution in [0.25, 0.3) is 6.08 Å². The summed E-state index contributed by atoms with van der Waals surface area (Å²) in [4.78, 5) is 10.1. The molecule has 0 atom stereocenters. The number of aliphatic carboxylic acids is 1. The Balaban J connectivity index is 0. The van der Waals surface area contributed by atoms with Gasteiger partial charge in [0.25, 0.3) is 0 Å². The molecule has 0 saturated carbocycles. The number of rotatable bonds is 3. The third kappa shape index (κ3) is 5.57. The van der Waals surface area contributed by atoms with Crippen LogP contribution in [0.1, 0.15) is 5.56 Å². The number of ether oxygens (including phenoxy) is 1. The molecule has 0 bridgehead atoms. The first kappa shape index (κ1) is 17.9. The van der Waals surface area contributed by atoms with Gasteiger partial charge in [0.1, 0.15) is 0 Å². The van der Waals surface area contributed by atoms with Gasteiger partial charge in [-0.15, -0.1) is 0 Å². The zero-order valence-electron chi connectivity index (χ0n) is 8.89. The van der Waals surface area contributed by atoms with Crippen LogP contribution in [0.5, 0.6) is 11.5 Å². The predicted molar refractivity (Wildman–Crippen MR) is 48.7 cm³/mol. The molecule has 0 heterocycles. The molecule has 0 spiro atoms. The van der Waals surface area contributed by atoms with Crippen molar-refractivity contribution in [2.45, 2.75) is 0 Å². The molecular weight excluding hydrogens is 266 g/mol. The van der Waals surface area contributed by atoms with Gasteiger partial charge >= 0.3 is 29.6 Å². The minimum absolute atomic E-state index is 0. The molecular formula is C10H9CoNaO4. The van der Waals surface area contributed by atoms with Crippen LogP contribution < -0.4 is 39.4 Å². The van der Waals surface area contributed by atoms with E-state index in [1.165, 1.54) is 25.3 Å². The molecule has 16 heavy (non-hydrogen) atoms. The molecule has 1 aromatic carbocycles. The van der Waals surface area contributed by atoms with E-state index in [9.17, 15) is 15.0 Å². The standard InChI is InChI=1S/C10H10O4.Co.Na/c1-14-9-6-7(2-4-8(9)11)3-5-10(12)13;;/h2-6,11H,1H3,(H,12,13);;/q;;+1/p-1. The van der Waals surface area contributed by atoms with Crippen LogP contribution >= 0.6 is 0 Å². The summed E-state index contributed by atoms with van der Waals surface area (Å²) < 4.78 is 4.85. The molecule has 0 saturated heterocycles. The Hall–Kier alpha value is -0.464. The maximum atomic E-state index is 10.1. The first-order chi connectivity index (χ1) is 6.63. The van der Waals surface area contributed by atoms with Crippen LogP contribution in [-0.2, 0) is 21.6 Å². The van der Waals surface area contributed by atoms with Crippen molar-refractivity contribution in [2.75, 3.05) is 7.11 Å². The van der Waals surface area contributed by atoms with Gasteiger partial charge in [-0.2, -0.15) is 0 Å². The summed E-state index contributed by atoms with van der Waals surface area (Å²) in [6, 6.07) is 4.51. The molecule has 1 radical (unpaired) electrons. The summed E-state index contributed by atoms with van der Waals surface area (Å²) in [6.07, 6.45) is 2.27. The van der Waals surface area contributed by atoms with Crippen molar-refractivity contribution in [2.24, 2.45) is 0 Å². The Bertz CT molecular complexity index is 379. The van der Waals surface area contributed by atoms with Crippen molar-refractivity contribution >= 4 is 12.0 Å². The van der Waals surface area contributed by atoms with Gasteiger partial charge in [0.05, 0.1) is 13.1 Å². The monoisotopic (exact) mass is 275 g/mol. The topological polar surface area (TPSA) is 69.6 Å². The number of carbonyl (C=O) groups excluding carboxylic acids is 1. The maximum absolute atomic E-state index is 10.1. The summed E-state index contributed by atoms with van der Waals surface area (Å²) in [7, 11) is 1.42. The Labute approximate surface area is 126 Å². The maximum Gasteiger partial charge on any atom is 1.00 e. The van der Waals surface area contributed by atoms with Crippen LogP contribution in [0, 0.1) is 0 Å². The number of methoxy groups -OCH3 is 1. The van der Waals surface area contributed by atoms with Crippen LogP contribution in [0.3, 0.4) is 0 Å². The van der Waals surface area contributed by atoms with Crippen molar-refractivity contribution in [3.05, 3.63) is 29.8 Å². The SMILES string of the molecule is COc1cc(C=CC(=O)[O-])ccc1O.[Co].[Na+]. The molecule has 0 aliphatic carbocycles. The van der Waals surface area contributed by atoms with Gasteiger partial charge < -0.3 is 19.7 Å². The minimum atomic E-state index is -1.27. The number of hydrogen-bond acceptors (Lipinski definition) is 4. The van der Waals surface area contributed by atoms with Gasteiger partial charge in [0.2, 0.25) is 0 Å². The number of phenolic OH excluding ortho intramolecular Hbond substituents is 1. The van der Waals surface area contributed by atoms with Crippen LogP contribution in [-0.4, -0.2) is 18.2 Å². The van der Waals surface area contributed by atoms with E-state index >= 15 is 0 Å². The molecule has 0 unspecified atom stereocenters. The predicted octanol–water partition coefficient (Wildman–Crippen LogP) is -2.83. The Kier molecular flexibility index (Phi) is 9.70. The Morgan fingerprint density at radius 3 is 2.62 bits per heavy atom. The molecule has 0 aromatic heterocycles.